The SMILES string of the molecule is CC/C=C\C/C=C\C/C=C\C/C=C\C/C=C\C/C=C\CCCCCCCCCCC(=O)OC(/C=C/CCCCCCCCCCC)C(COP(=O)([O-])OCC[N+](C)(C)C)NC(=O)CCCCCCCCCCCCCCCCCCC. The van der Waals surface area contributed by atoms with Crippen LogP contribution in [0.3, 0.4) is 0 Å². The molecule has 1 N–H and O–H groups in total. The molecule has 3 atom stereocenters. The Morgan fingerprint density at radius 3 is 1.19 bits per heavy atom. The van der Waals surface area contributed by atoms with Crippen LogP contribution in [-0.2, 0) is 27.9 Å². The van der Waals surface area contributed by atoms with Gasteiger partial charge in [-0.1, -0.05) is 292 Å². The first-order valence-electron chi connectivity index (χ1n) is 33.9. The Bertz CT molecular complexity index is 1660. The van der Waals surface area contributed by atoms with Crippen molar-refractivity contribution in [3.05, 3.63) is 85.1 Å². The Balaban J connectivity index is 5.07. The van der Waals surface area contributed by atoms with Gasteiger partial charge in [-0.2, -0.15) is 0 Å². The number of likely N-dealkylation sites (N-methyl/N-ethyl adjacent to an activating group) is 1. The fourth-order valence-electron chi connectivity index (χ4n) is 9.64. The fourth-order valence-corrected chi connectivity index (χ4v) is 10.4. The van der Waals surface area contributed by atoms with E-state index in [1.165, 1.54) is 161 Å². The van der Waals surface area contributed by atoms with E-state index < -0.39 is 26.6 Å². The van der Waals surface area contributed by atoms with Gasteiger partial charge in [0, 0.05) is 12.8 Å². The summed E-state index contributed by atoms with van der Waals surface area (Å²) in [5.41, 5.74) is 0. The number of esters is 1. The van der Waals surface area contributed by atoms with Crippen LogP contribution in [0.4, 0.5) is 0 Å². The van der Waals surface area contributed by atoms with Crippen molar-refractivity contribution in [3.63, 3.8) is 0 Å². The predicted molar refractivity (Wildman–Crippen MR) is 348 cm³/mol. The standard InChI is InChI=1S/C71H129N2O7P/c1-7-10-13-16-19-22-25-27-29-31-32-33-34-35-36-37-38-39-40-42-44-46-49-52-55-58-61-64-71(75)80-69(62-59-56-53-50-47-24-21-18-15-12-9-3)68(67-79-81(76,77)78-66-65-73(4,5)6)72-70(74)63-60-57-54-51-48-45-43-41-30-28-26-23-20-17-14-11-8-2/h10,13,19,22,27,29,32-33,35-36,38-39,59,62,68-69H,7-9,11-12,14-18,20-21,23-26,28,30-31,34,37,40-58,60-61,63-67H2,1-6H3,(H-,72,74,76,77)/b13-10-,22-19-,29-27-,33-32-,36-35-,39-38-,62-59+. The number of phosphoric acid groups is 1. The highest BCUT2D eigenvalue weighted by atomic mass is 31.2. The second kappa shape index (κ2) is 60.3. The van der Waals surface area contributed by atoms with Crippen LogP contribution in [0.5, 0.6) is 0 Å². The van der Waals surface area contributed by atoms with Crippen LogP contribution in [0.15, 0.2) is 85.1 Å². The molecule has 81 heavy (non-hydrogen) atoms. The predicted octanol–water partition coefficient (Wildman–Crippen LogP) is 20.7. The first-order valence-corrected chi connectivity index (χ1v) is 35.4. The van der Waals surface area contributed by atoms with Gasteiger partial charge in [0.25, 0.3) is 7.82 Å². The number of hydrogen-bond acceptors (Lipinski definition) is 7. The van der Waals surface area contributed by atoms with E-state index in [0.717, 1.165) is 109 Å². The van der Waals surface area contributed by atoms with Crippen molar-refractivity contribution < 1.29 is 37.3 Å². The van der Waals surface area contributed by atoms with E-state index in [0.29, 0.717) is 17.4 Å². The number of amides is 1. The first-order chi connectivity index (χ1) is 39.4. The first kappa shape index (κ1) is 78.2. The molecule has 0 spiro atoms. The van der Waals surface area contributed by atoms with Crippen molar-refractivity contribution in [3.8, 4) is 0 Å². The van der Waals surface area contributed by atoms with Crippen LogP contribution in [0.1, 0.15) is 303 Å². The topological polar surface area (TPSA) is 114 Å². The van der Waals surface area contributed by atoms with E-state index in [1.54, 1.807) is 0 Å². The zero-order chi connectivity index (χ0) is 59.3. The smallest absolute Gasteiger partial charge is 0.306 e. The molecule has 1 amide bonds. The molecular formula is C71H129N2O7P. The van der Waals surface area contributed by atoms with E-state index >= 15 is 0 Å². The minimum Gasteiger partial charge on any atom is -0.756 e. The average Bonchev–Trinajstić information content (AvgIpc) is 3.44. The van der Waals surface area contributed by atoms with Crippen LogP contribution >= 0.6 is 7.82 Å². The Hall–Kier alpha value is -2.81. The summed E-state index contributed by atoms with van der Waals surface area (Å²) >= 11 is 0. The molecule has 0 aliphatic carbocycles. The molecule has 0 fully saturated rings. The van der Waals surface area contributed by atoms with Gasteiger partial charge in [0.15, 0.2) is 0 Å². The Morgan fingerprint density at radius 1 is 0.444 bits per heavy atom. The van der Waals surface area contributed by atoms with Crippen molar-refractivity contribution in [2.75, 3.05) is 40.9 Å². The van der Waals surface area contributed by atoms with E-state index in [4.69, 9.17) is 13.8 Å². The summed E-state index contributed by atoms with van der Waals surface area (Å²) in [6, 6.07) is -0.893. The van der Waals surface area contributed by atoms with Gasteiger partial charge >= 0.3 is 5.97 Å². The van der Waals surface area contributed by atoms with Gasteiger partial charge in [-0.25, -0.2) is 0 Å². The van der Waals surface area contributed by atoms with Gasteiger partial charge < -0.3 is 28.5 Å². The lowest BCUT2D eigenvalue weighted by Gasteiger charge is -2.30. The number of phosphoric ester groups is 1. The van der Waals surface area contributed by atoms with Gasteiger partial charge in [0.05, 0.1) is 33.8 Å². The molecule has 3 unspecified atom stereocenters. The molecule has 470 valence electrons. The Morgan fingerprint density at radius 2 is 0.790 bits per heavy atom. The largest absolute Gasteiger partial charge is 0.756 e. The van der Waals surface area contributed by atoms with Crippen molar-refractivity contribution in [1.29, 1.82) is 0 Å². The summed E-state index contributed by atoms with van der Waals surface area (Å²) < 4.78 is 30.4. The lowest BCUT2D eigenvalue weighted by Crippen LogP contribution is -2.47. The van der Waals surface area contributed by atoms with Gasteiger partial charge in [0.1, 0.15) is 19.3 Å². The van der Waals surface area contributed by atoms with Crippen LogP contribution < -0.4 is 10.2 Å². The van der Waals surface area contributed by atoms with Crippen molar-refractivity contribution in [2.24, 2.45) is 0 Å². The summed E-state index contributed by atoms with van der Waals surface area (Å²) in [6.07, 6.45) is 79.8. The minimum absolute atomic E-state index is 0.0251. The maximum atomic E-state index is 13.6. The van der Waals surface area contributed by atoms with Crippen LogP contribution in [-0.4, -0.2) is 69.4 Å². The molecule has 0 radical (unpaired) electrons. The number of nitrogens with zero attached hydrogens (tertiary/aromatic N) is 1. The molecule has 0 aromatic rings. The summed E-state index contributed by atoms with van der Waals surface area (Å²) in [4.78, 5) is 40.1. The van der Waals surface area contributed by atoms with E-state index in [9.17, 15) is 19.0 Å². The van der Waals surface area contributed by atoms with Crippen LogP contribution in [0.2, 0.25) is 0 Å². The average molecular weight is 1150 g/mol. The van der Waals surface area contributed by atoms with E-state index in [2.05, 4.69) is 99.0 Å². The maximum Gasteiger partial charge on any atom is 0.306 e. The maximum absolute atomic E-state index is 13.6. The fraction of sp³-hybridized carbons (Fsp3) is 0.775. The van der Waals surface area contributed by atoms with Crippen LogP contribution in [0.25, 0.3) is 0 Å². The number of ether oxygens (including phenoxy) is 1. The van der Waals surface area contributed by atoms with Crippen LogP contribution in [0, 0.1) is 0 Å². The third kappa shape index (κ3) is 61.6. The number of carbonyl (C=O) groups excluding carboxylic acids is 2. The summed E-state index contributed by atoms with van der Waals surface area (Å²) in [5, 5.41) is 3.03. The molecule has 0 rings (SSSR count). The highest BCUT2D eigenvalue weighted by Gasteiger charge is 2.27. The lowest BCUT2D eigenvalue weighted by molar-refractivity contribution is -0.870. The molecule has 0 heterocycles. The number of unbranched alkanes of at least 4 members (excludes halogenated alkanes) is 33. The zero-order valence-electron chi connectivity index (χ0n) is 53.7. The highest BCUT2D eigenvalue weighted by Crippen LogP contribution is 2.38. The molecule has 9 nitrogen and oxygen atoms in total. The molecule has 0 saturated heterocycles. The Labute approximate surface area is 501 Å². The third-order valence-corrected chi connectivity index (χ3v) is 15.8. The molecule has 0 saturated carbocycles. The zero-order valence-corrected chi connectivity index (χ0v) is 54.6. The molecule has 0 aromatic heterocycles. The molecule has 10 heteroatoms. The van der Waals surface area contributed by atoms with Gasteiger partial charge in [0.2, 0.25) is 5.91 Å². The summed E-state index contributed by atoms with van der Waals surface area (Å²) in [5.74, 6) is -0.544. The third-order valence-electron chi connectivity index (χ3n) is 14.8. The quantitative estimate of drug-likeness (QED) is 0.0212. The lowest BCUT2D eigenvalue weighted by atomic mass is 10.0. The van der Waals surface area contributed by atoms with Crippen molar-refractivity contribution in [2.45, 2.75) is 315 Å². The van der Waals surface area contributed by atoms with Crippen molar-refractivity contribution >= 4 is 19.7 Å². The molecular weight excluding hydrogens is 1020 g/mol. The van der Waals surface area contributed by atoms with Crippen molar-refractivity contribution in [1.82, 2.24) is 5.32 Å². The Kier molecular flexibility index (Phi) is 58.2. The van der Waals surface area contributed by atoms with Gasteiger partial charge in [-0.3, -0.25) is 14.2 Å². The normalized spacial score (nSPS) is 14.1. The highest BCUT2D eigenvalue weighted by molar-refractivity contribution is 7.45. The van der Waals surface area contributed by atoms with Gasteiger partial charge in [-0.15, -0.1) is 0 Å². The number of rotatable bonds is 61. The molecule has 0 aliphatic heterocycles. The number of carbonyl (C=O) groups is 2. The molecule has 0 aliphatic rings. The van der Waals surface area contributed by atoms with E-state index in [1.807, 2.05) is 33.3 Å². The number of nitrogens with one attached hydrogen (secondary N) is 1. The molecule has 0 aromatic carbocycles. The number of allylic oxidation sites excluding steroid dienone is 13. The number of quaternary nitrogens is 1. The molecule has 0 bridgehead atoms. The second-order valence-corrected chi connectivity index (χ2v) is 25.4. The second-order valence-electron chi connectivity index (χ2n) is 24.0. The summed E-state index contributed by atoms with van der Waals surface area (Å²) in [7, 11) is 1.18. The summed E-state index contributed by atoms with van der Waals surface area (Å²) in [6.45, 7) is 6.74. The monoisotopic (exact) mass is 1150 g/mol. The minimum atomic E-state index is -4.70. The number of hydrogen-bond donors (Lipinski definition) is 1. The van der Waals surface area contributed by atoms with E-state index in [-0.39, 0.29) is 24.9 Å². The van der Waals surface area contributed by atoms with Gasteiger partial charge in [-0.05, 0) is 83.1 Å².